The molecule has 2 rings (SSSR count). The molecule has 0 aliphatic heterocycles. The zero-order valence-electron chi connectivity index (χ0n) is 10.9. The van der Waals surface area contributed by atoms with Gasteiger partial charge in [0, 0.05) is 23.9 Å². The number of aromatic nitrogens is 1. The van der Waals surface area contributed by atoms with E-state index in [-0.39, 0.29) is 11.7 Å². The van der Waals surface area contributed by atoms with Gasteiger partial charge in [0.1, 0.15) is 5.82 Å². The molecule has 1 aromatic carbocycles. The Balaban J connectivity index is 1.90. The number of carbonyl (C=O) groups excluding carboxylic acids is 1. The van der Waals surface area contributed by atoms with Crippen LogP contribution in [-0.2, 0) is 6.42 Å². The third-order valence-electron chi connectivity index (χ3n) is 2.77. The maximum atomic E-state index is 12.9. The van der Waals surface area contributed by atoms with E-state index >= 15 is 0 Å². The number of amides is 1. The van der Waals surface area contributed by atoms with Crippen LogP contribution in [0, 0.1) is 19.7 Å². The van der Waals surface area contributed by atoms with Crippen molar-refractivity contribution in [3.63, 3.8) is 0 Å². The van der Waals surface area contributed by atoms with Gasteiger partial charge in [-0.05, 0) is 37.6 Å². The van der Waals surface area contributed by atoms with E-state index in [1.165, 1.54) is 18.2 Å². The number of carbonyl (C=O) groups is 1. The van der Waals surface area contributed by atoms with E-state index < -0.39 is 0 Å². The molecule has 0 unspecified atom stereocenters. The quantitative estimate of drug-likeness (QED) is 0.934. The Morgan fingerprint density at radius 1 is 1.42 bits per heavy atom. The summed E-state index contributed by atoms with van der Waals surface area (Å²) in [7, 11) is 0. The molecule has 1 N–H and O–H groups in total. The molecule has 0 bridgehead atoms. The van der Waals surface area contributed by atoms with Gasteiger partial charge in [-0.15, -0.1) is 11.3 Å². The number of rotatable bonds is 4. The van der Waals surface area contributed by atoms with Gasteiger partial charge in [0.25, 0.3) is 5.91 Å². The lowest BCUT2D eigenvalue weighted by Crippen LogP contribution is -2.26. The van der Waals surface area contributed by atoms with Crippen LogP contribution in [0.15, 0.2) is 23.6 Å². The van der Waals surface area contributed by atoms with Crippen molar-refractivity contribution in [1.29, 1.82) is 0 Å². The Bertz CT molecular complexity index is 595. The molecule has 0 aliphatic rings. The van der Waals surface area contributed by atoms with E-state index in [1.54, 1.807) is 18.3 Å². The minimum atomic E-state index is -0.327. The van der Waals surface area contributed by atoms with Crippen molar-refractivity contribution in [3.8, 4) is 0 Å². The van der Waals surface area contributed by atoms with Gasteiger partial charge < -0.3 is 5.32 Å². The fraction of sp³-hybridized carbons (Fsp3) is 0.286. The second-order valence-electron chi connectivity index (χ2n) is 4.32. The predicted molar refractivity (Wildman–Crippen MR) is 74.0 cm³/mol. The standard InChI is InChI=1S/C14H15FN2OS/c1-9-7-11(15)3-4-13(9)14(18)16-6-5-12-8-19-10(2)17-12/h3-4,7-8H,5-6H2,1-2H3,(H,16,18). The molecule has 0 saturated heterocycles. The second-order valence-corrected chi connectivity index (χ2v) is 5.39. The Labute approximate surface area is 115 Å². The molecule has 100 valence electrons. The van der Waals surface area contributed by atoms with Crippen LogP contribution < -0.4 is 5.32 Å². The van der Waals surface area contributed by atoms with Crippen LogP contribution >= 0.6 is 11.3 Å². The summed E-state index contributed by atoms with van der Waals surface area (Å²) in [5.74, 6) is -0.503. The van der Waals surface area contributed by atoms with Crippen molar-refractivity contribution < 1.29 is 9.18 Å². The summed E-state index contributed by atoms with van der Waals surface area (Å²) in [5.41, 5.74) is 2.14. The van der Waals surface area contributed by atoms with Crippen molar-refractivity contribution >= 4 is 17.2 Å². The molecule has 2 aromatic rings. The summed E-state index contributed by atoms with van der Waals surface area (Å²) in [6.45, 7) is 4.20. The van der Waals surface area contributed by atoms with Crippen LogP contribution in [0.25, 0.3) is 0 Å². The lowest BCUT2D eigenvalue weighted by molar-refractivity contribution is 0.0953. The lowest BCUT2D eigenvalue weighted by atomic mass is 10.1. The lowest BCUT2D eigenvalue weighted by Gasteiger charge is -2.07. The molecular formula is C14H15FN2OS. The molecule has 0 atom stereocenters. The van der Waals surface area contributed by atoms with E-state index in [0.29, 0.717) is 24.1 Å². The van der Waals surface area contributed by atoms with Gasteiger partial charge in [-0.25, -0.2) is 9.37 Å². The van der Waals surface area contributed by atoms with Gasteiger partial charge in [-0.1, -0.05) is 0 Å². The number of benzene rings is 1. The number of nitrogens with one attached hydrogen (secondary N) is 1. The first kappa shape index (κ1) is 13.7. The van der Waals surface area contributed by atoms with Gasteiger partial charge >= 0.3 is 0 Å². The van der Waals surface area contributed by atoms with Crippen LogP contribution in [0.3, 0.4) is 0 Å². The fourth-order valence-corrected chi connectivity index (χ4v) is 2.45. The topological polar surface area (TPSA) is 42.0 Å². The number of hydrogen-bond donors (Lipinski definition) is 1. The third kappa shape index (κ3) is 3.61. The molecule has 0 spiro atoms. The minimum Gasteiger partial charge on any atom is -0.352 e. The Morgan fingerprint density at radius 2 is 2.21 bits per heavy atom. The predicted octanol–water partition coefficient (Wildman–Crippen LogP) is 2.87. The first-order valence-corrected chi connectivity index (χ1v) is 6.89. The van der Waals surface area contributed by atoms with Gasteiger partial charge in [-0.2, -0.15) is 0 Å². The summed E-state index contributed by atoms with van der Waals surface area (Å²) in [5, 5.41) is 5.83. The summed E-state index contributed by atoms with van der Waals surface area (Å²) >= 11 is 1.60. The summed E-state index contributed by atoms with van der Waals surface area (Å²) in [6.07, 6.45) is 0.705. The molecule has 3 nitrogen and oxygen atoms in total. The Morgan fingerprint density at radius 3 is 2.84 bits per heavy atom. The molecule has 0 aliphatic carbocycles. The summed E-state index contributed by atoms with van der Waals surface area (Å²) < 4.78 is 12.9. The normalized spacial score (nSPS) is 10.5. The molecule has 1 heterocycles. The zero-order valence-corrected chi connectivity index (χ0v) is 11.7. The monoisotopic (exact) mass is 278 g/mol. The number of hydrogen-bond acceptors (Lipinski definition) is 3. The number of thiazole rings is 1. The van der Waals surface area contributed by atoms with Crippen molar-refractivity contribution in [1.82, 2.24) is 10.3 Å². The minimum absolute atomic E-state index is 0.176. The maximum absolute atomic E-state index is 12.9. The molecular weight excluding hydrogens is 263 g/mol. The van der Waals surface area contributed by atoms with Crippen LogP contribution in [0.5, 0.6) is 0 Å². The van der Waals surface area contributed by atoms with Crippen molar-refractivity contribution in [3.05, 3.63) is 51.2 Å². The van der Waals surface area contributed by atoms with Crippen LogP contribution in [0.2, 0.25) is 0 Å². The maximum Gasteiger partial charge on any atom is 0.251 e. The van der Waals surface area contributed by atoms with Crippen molar-refractivity contribution in [2.75, 3.05) is 6.54 Å². The van der Waals surface area contributed by atoms with Crippen LogP contribution in [0.1, 0.15) is 26.6 Å². The summed E-state index contributed by atoms with van der Waals surface area (Å²) in [4.78, 5) is 16.2. The van der Waals surface area contributed by atoms with Gasteiger partial charge in [-0.3, -0.25) is 4.79 Å². The van der Waals surface area contributed by atoms with E-state index in [1.807, 2.05) is 12.3 Å². The van der Waals surface area contributed by atoms with Gasteiger partial charge in [0.2, 0.25) is 0 Å². The number of halogens is 1. The molecule has 5 heteroatoms. The smallest absolute Gasteiger partial charge is 0.251 e. The third-order valence-corrected chi connectivity index (χ3v) is 3.59. The molecule has 0 saturated carbocycles. The van der Waals surface area contributed by atoms with E-state index in [0.717, 1.165) is 10.7 Å². The second kappa shape index (κ2) is 5.93. The Hall–Kier alpha value is -1.75. The Kier molecular flexibility index (Phi) is 4.27. The highest BCUT2D eigenvalue weighted by atomic mass is 32.1. The first-order valence-electron chi connectivity index (χ1n) is 6.01. The van der Waals surface area contributed by atoms with E-state index in [2.05, 4.69) is 10.3 Å². The SMILES string of the molecule is Cc1nc(CCNC(=O)c2ccc(F)cc2C)cs1. The van der Waals surface area contributed by atoms with Gasteiger partial charge in [0.05, 0.1) is 10.7 Å². The van der Waals surface area contributed by atoms with Crippen molar-refractivity contribution in [2.24, 2.45) is 0 Å². The number of aryl methyl sites for hydroxylation is 2. The highest BCUT2D eigenvalue weighted by molar-refractivity contribution is 7.09. The fourth-order valence-electron chi connectivity index (χ4n) is 1.80. The number of nitrogens with zero attached hydrogens (tertiary/aromatic N) is 1. The molecule has 0 fully saturated rings. The van der Waals surface area contributed by atoms with Gasteiger partial charge in [0.15, 0.2) is 0 Å². The first-order chi connectivity index (χ1) is 9.06. The summed E-state index contributed by atoms with van der Waals surface area (Å²) in [6, 6.07) is 4.16. The largest absolute Gasteiger partial charge is 0.352 e. The van der Waals surface area contributed by atoms with Crippen LogP contribution in [-0.4, -0.2) is 17.4 Å². The zero-order chi connectivity index (χ0) is 13.8. The average Bonchev–Trinajstić information content (AvgIpc) is 2.75. The average molecular weight is 278 g/mol. The van der Waals surface area contributed by atoms with Crippen LogP contribution in [0.4, 0.5) is 4.39 Å². The molecule has 1 aromatic heterocycles. The van der Waals surface area contributed by atoms with E-state index in [9.17, 15) is 9.18 Å². The highest BCUT2D eigenvalue weighted by Crippen LogP contribution is 2.10. The van der Waals surface area contributed by atoms with Crippen molar-refractivity contribution in [2.45, 2.75) is 20.3 Å². The molecule has 19 heavy (non-hydrogen) atoms. The molecule has 0 radical (unpaired) electrons. The molecule has 1 amide bonds. The van der Waals surface area contributed by atoms with E-state index in [4.69, 9.17) is 0 Å². The highest BCUT2D eigenvalue weighted by Gasteiger charge is 2.09.